The van der Waals surface area contributed by atoms with Crippen molar-refractivity contribution in [3.05, 3.63) is 46.5 Å². The number of hydrazine groups is 1. The molecule has 0 radical (unpaired) electrons. The molecule has 3 rings (SSSR count). The second-order valence-electron chi connectivity index (χ2n) is 5.18. The fourth-order valence-electron chi connectivity index (χ4n) is 2.40. The Kier molecular flexibility index (Phi) is 4.96. The molecule has 2 aromatic carbocycles. The molecule has 0 spiro atoms. The summed E-state index contributed by atoms with van der Waals surface area (Å²) in [5.41, 5.74) is 7.63. The molecule has 1 aromatic heterocycles. The Labute approximate surface area is 153 Å². The van der Waals surface area contributed by atoms with Crippen molar-refractivity contribution < 1.29 is 14.3 Å². The van der Waals surface area contributed by atoms with Crippen molar-refractivity contribution in [1.82, 2.24) is 10.4 Å². The molecule has 25 heavy (non-hydrogen) atoms. The Bertz CT molecular complexity index is 903. The van der Waals surface area contributed by atoms with Gasteiger partial charge in [0.05, 0.1) is 35.0 Å². The quantitative estimate of drug-likeness (QED) is 0.657. The SMILES string of the molecule is COc1cccc(C(=O)NNc2nc3c(C)ccc(Cl)c3s2)c1OC. The Morgan fingerprint density at radius 3 is 2.68 bits per heavy atom. The van der Waals surface area contributed by atoms with Crippen molar-refractivity contribution in [3.8, 4) is 11.5 Å². The lowest BCUT2D eigenvalue weighted by molar-refractivity contribution is 0.0959. The highest BCUT2D eigenvalue weighted by atomic mass is 35.5. The number of nitrogens with zero attached hydrogens (tertiary/aromatic N) is 1. The number of para-hydroxylation sites is 1. The number of anilines is 1. The Balaban J connectivity index is 1.81. The predicted molar refractivity (Wildman–Crippen MR) is 100 cm³/mol. The van der Waals surface area contributed by atoms with Crippen molar-refractivity contribution in [2.45, 2.75) is 6.92 Å². The van der Waals surface area contributed by atoms with Crippen LogP contribution in [-0.2, 0) is 0 Å². The molecule has 0 atom stereocenters. The molecule has 0 aliphatic carbocycles. The van der Waals surface area contributed by atoms with Crippen LogP contribution in [0.4, 0.5) is 5.13 Å². The van der Waals surface area contributed by atoms with Gasteiger partial charge in [0.1, 0.15) is 0 Å². The van der Waals surface area contributed by atoms with E-state index in [-0.39, 0.29) is 5.91 Å². The molecule has 0 saturated carbocycles. The van der Waals surface area contributed by atoms with Crippen molar-refractivity contribution in [3.63, 3.8) is 0 Å². The fourth-order valence-corrected chi connectivity index (χ4v) is 3.57. The van der Waals surface area contributed by atoms with Crippen LogP contribution in [0.15, 0.2) is 30.3 Å². The lowest BCUT2D eigenvalue weighted by atomic mass is 10.2. The number of halogens is 1. The van der Waals surface area contributed by atoms with Crippen LogP contribution in [0.1, 0.15) is 15.9 Å². The van der Waals surface area contributed by atoms with Crippen molar-refractivity contribution in [2.75, 3.05) is 19.6 Å². The molecule has 0 saturated heterocycles. The van der Waals surface area contributed by atoms with Gasteiger partial charge in [-0.25, -0.2) is 4.98 Å². The first kappa shape index (κ1) is 17.3. The van der Waals surface area contributed by atoms with Crippen LogP contribution >= 0.6 is 22.9 Å². The minimum absolute atomic E-state index is 0.352. The summed E-state index contributed by atoms with van der Waals surface area (Å²) in [7, 11) is 3.01. The largest absolute Gasteiger partial charge is 0.493 e. The lowest BCUT2D eigenvalue weighted by Crippen LogP contribution is -2.29. The van der Waals surface area contributed by atoms with Crippen LogP contribution in [0.5, 0.6) is 11.5 Å². The molecule has 3 aromatic rings. The number of benzene rings is 2. The predicted octanol–water partition coefficient (Wildman–Crippen LogP) is 4.03. The molecule has 6 nitrogen and oxygen atoms in total. The average molecular weight is 378 g/mol. The van der Waals surface area contributed by atoms with Crippen molar-refractivity contribution >= 4 is 44.2 Å². The van der Waals surface area contributed by atoms with E-state index in [4.69, 9.17) is 21.1 Å². The van der Waals surface area contributed by atoms with Gasteiger partial charge < -0.3 is 9.47 Å². The van der Waals surface area contributed by atoms with E-state index in [0.29, 0.717) is 27.2 Å². The fraction of sp³-hybridized carbons (Fsp3) is 0.176. The highest BCUT2D eigenvalue weighted by Gasteiger charge is 2.17. The van der Waals surface area contributed by atoms with E-state index in [9.17, 15) is 4.79 Å². The smallest absolute Gasteiger partial charge is 0.273 e. The number of rotatable bonds is 5. The van der Waals surface area contributed by atoms with Gasteiger partial charge in [-0.15, -0.1) is 0 Å². The molecule has 0 bridgehead atoms. The highest BCUT2D eigenvalue weighted by molar-refractivity contribution is 7.22. The maximum absolute atomic E-state index is 12.5. The minimum Gasteiger partial charge on any atom is -0.493 e. The first-order chi connectivity index (χ1) is 12.0. The van der Waals surface area contributed by atoms with Gasteiger partial charge in [0.15, 0.2) is 11.5 Å². The summed E-state index contributed by atoms with van der Waals surface area (Å²) in [6.07, 6.45) is 0. The van der Waals surface area contributed by atoms with Crippen LogP contribution in [0.25, 0.3) is 10.2 Å². The van der Waals surface area contributed by atoms with E-state index in [2.05, 4.69) is 15.8 Å². The van der Waals surface area contributed by atoms with Gasteiger partial charge in [-0.05, 0) is 30.7 Å². The number of hydrogen-bond acceptors (Lipinski definition) is 6. The average Bonchev–Trinajstić information content (AvgIpc) is 3.07. The number of carbonyl (C=O) groups excluding carboxylic acids is 1. The first-order valence-corrected chi connectivity index (χ1v) is 8.57. The summed E-state index contributed by atoms with van der Waals surface area (Å²) < 4.78 is 11.4. The monoisotopic (exact) mass is 377 g/mol. The van der Waals surface area contributed by atoms with E-state index in [0.717, 1.165) is 15.8 Å². The third-order valence-electron chi connectivity index (χ3n) is 3.63. The van der Waals surface area contributed by atoms with Crippen LogP contribution in [0.2, 0.25) is 5.02 Å². The van der Waals surface area contributed by atoms with Gasteiger partial charge in [0.25, 0.3) is 5.91 Å². The molecule has 130 valence electrons. The van der Waals surface area contributed by atoms with Crippen LogP contribution in [0.3, 0.4) is 0 Å². The molecule has 0 aliphatic rings. The standard InChI is InChI=1S/C17H16ClN3O3S/c1-9-7-8-11(18)15-13(9)19-17(25-15)21-20-16(22)10-5-4-6-12(23-2)14(10)24-3/h4-8H,1-3H3,(H,19,21)(H,20,22). The van der Waals surface area contributed by atoms with Gasteiger partial charge in [-0.3, -0.25) is 15.6 Å². The molecule has 8 heteroatoms. The van der Waals surface area contributed by atoms with Crippen LogP contribution < -0.4 is 20.3 Å². The summed E-state index contributed by atoms with van der Waals surface area (Å²) in [5.74, 6) is 0.489. The van der Waals surface area contributed by atoms with Gasteiger partial charge in [0.2, 0.25) is 5.13 Å². The molecule has 1 heterocycles. The molecule has 0 unspecified atom stereocenters. The maximum atomic E-state index is 12.5. The number of methoxy groups -OCH3 is 2. The number of hydrogen-bond donors (Lipinski definition) is 2. The topological polar surface area (TPSA) is 72.5 Å². The van der Waals surface area contributed by atoms with Gasteiger partial charge in [-0.1, -0.05) is 35.1 Å². The number of amides is 1. The highest BCUT2D eigenvalue weighted by Crippen LogP contribution is 2.34. The van der Waals surface area contributed by atoms with Crippen molar-refractivity contribution in [1.29, 1.82) is 0 Å². The maximum Gasteiger partial charge on any atom is 0.273 e. The zero-order valence-corrected chi connectivity index (χ0v) is 15.4. The molecular weight excluding hydrogens is 362 g/mol. The number of carbonyl (C=O) groups is 1. The summed E-state index contributed by atoms with van der Waals surface area (Å²) in [6.45, 7) is 1.96. The number of aromatic nitrogens is 1. The van der Waals surface area contributed by atoms with E-state index >= 15 is 0 Å². The third kappa shape index (κ3) is 3.33. The van der Waals surface area contributed by atoms with Crippen LogP contribution in [0, 0.1) is 6.92 Å². The summed E-state index contributed by atoms with van der Waals surface area (Å²) >= 11 is 7.57. The molecular formula is C17H16ClN3O3S. The molecule has 0 fully saturated rings. The molecule has 2 N–H and O–H groups in total. The lowest BCUT2D eigenvalue weighted by Gasteiger charge is -2.12. The van der Waals surface area contributed by atoms with E-state index < -0.39 is 0 Å². The number of ether oxygens (including phenoxy) is 2. The van der Waals surface area contributed by atoms with Gasteiger partial charge >= 0.3 is 0 Å². The summed E-state index contributed by atoms with van der Waals surface area (Å²) in [4.78, 5) is 16.9. The van der Waals surface area contributed by atoms with Gasteiger partial charge in [0, 0.05) is 0 Å². The summed E-state index contributed by atoms with van der Waals surface area (Å²) in [6, 6.07) is 8.84. The first-order valence-electron chi connectivity index (χ1n) is 7.38. The molecule has 0 aliphatic heterocycles. The summed E-state index contributed by atoms with van der Waals surface area (Å²) in [5, 5.41) is 1.17. The van der Waals surface area contributed by atoms with Crippen molar-refractivity contribution in [2.24, 2.45) is 0 Å². The number of thiazole rings is 1. The van der Waals surface area contributed by atoms with E-state index in [1.165, 1.54) is 25.6 Å². The minimum atomic E-state index is -0.363. The number of nitrogens with one attached hydrogen (secondary N) is 2. The van der Waals surface area contributed by atoms with E-state index in [1.807, 2.05) is 19.1 Å². The number of aryl methyl sites for hydroxylation is 1. The third-order valence-corrected chi connectivity index (χ3v) is 5.06. The second-order valence-corrected chi connectivity index (χ2v) is 6.59. The molecule has 1 amide bonds. The zero-order valence-electron chi connectivity index (χ0n) is 13.8. The normalized spacial score (nSPS) is 10.6. The second kappa shape index (κ2) is 7.16. The van der Waals surface area contributed by atoms with Gasteiger partial charge in [-0.2, -0.15) is 0 Å². The Morgan fingerprint density at radius 1 is 1.20 bits per heavy atom. The zero-order chi connectivity index (χ0) is 18.0. The number of fused-ring (bicyclic) bond motifs is 1. The Hall–Kier alpha value is -2.51. The van der Waals surface area contributed by atoms with Crippen LogP contribution in [-0.4, -0.2) is 25.1 Å². The van der Waals surface area contributed by atoms with E-state index in [1.54, 1.807) is 18.2 Å². The Morgan fingerprint density at radius 2 is 2.00 bits per heavy atom.